The molecule has 0 atom stereocenters. The molecule has 4 heteroatoms. The Kier molecular flexibility index (Phi) is 2.61. The van der Waals surface area contributed by atoms with E-state index in [-0.39, 0.29) is 11.4 Å². The van der Waals surface area contributed by atoms with Gasteiger partial charge in [-0.15, -0.1) is 0 Å². The third kappa shape index (κ3) is 2.26. The van der Waals surface area contributed by atoms with Gasteiger partial charge in [-0.1, -0.05) is 0 Å². The fraction of sp³-hybridized carbons (Fsp3) is 0.545. The van der Waals surface area contributed by atoms with Crippen molar-refractivity contribution in [3.63, 3.8) is 0 Å². The number of hydrogen-bond donors (Lipinski definition) is 1. The van der Waals surface area contributed by atoms with Crippen LogP contribution in [0.4, 0.5) is 10.1 Å². The van der Waals surface area contributed by atoms with Crippen molar-refractivity contribution in [3.8, 4) is 0 Å². The number of hydrogen-bond acceptors (Lipinski definition) is 3. The number of rotatable bonds is 1. The van der Waals surface area contributed by atoms with Crippen LogP contribution < -0.4 is 10.2 Å². The molecule has 0 unspecified atom stereocenters. The van der Waals surface area contributed by atoms with Gasteiger partial charge in [-0.3, -0.25) is 4.98 Å². The van der Waals surface area contributed by atoms with Crippen LogP contribution in [0, 0.1) is 5.82 Å². The second kappa shape index (κ2) is 3.77. The van der Waals surface area contributed by atoms with E-state index in [1.54, 1.807) is 12.3 Å². The van der Waals surface area contributed by atoms with Crippen LogP contribution in [-0.4, -0.2) is 30.2 Å². The second-order valence-corrected chi connectivity index (χ2v) is 4.56. The first-order valence-corrected chi connectivity index (χ1v) is 5.18. The Morgan fingerprint density at radius 1 is 1.53 bits per heavy atom. The molecule has 1 aromatic rings. The highest BCUT2D eigenvalue weighted by Gasteiger charge is 2.26. The number of nitrogens with one attached hydrogen (secondary N) is 1. The molecule has 1 saturated heterocycles. The fourth-order valence-electron chi connectivity index (χ4n) is 1.97. The first-order valence-electron chi connectivity index (χ1n) is 5.18. The van der Waals surface area contributed by atoms with Crippen LogP contribution in [0.2, 0.25) is 0 Å². The number of pyridine rings is 1. The van der Waals surface area contributed by atoms with E-state index < -0.39 is 0 Å². The monoisotopic (exact) mass is 209 g/mol. The second-order valence-electron chi connectivity index (χ2n) is 4.56. The van der Waals surface area contributed by atoms with Crippen LogP contribution in [0.15, 0.2) is 18.5 Å². The number of halogens is 1. The summed E-state index contributed by atoms with van der Waals surface area (Å²) in [4.78, 5) is 5.82. The molecular formula is C11H16FN3. The zero-order valence-electron chi connectivity index (χ0n) is 9.13. The van der Waals surface area contributed by atoms with Crippen LogP contribution in [0.5, 0.6) is 0 Å². The average molecular weight is 209 g/mol. The summed E-state index contributed by atoms with van der Waals surface area (Å²) in [6.45, 7) is 6.78. The summed E-state index contributed by atoms with van der Waals surface area (Å²) in [5.74, 6) is -0.241. The molecule has 1 aliphatic rings. The van der Waals surface area contributed by atoms with Crippen LogP contribution in [-0.2, 0) is 0 Å². The van der Waals surface area contributed by atoms with Crippen molar-refractivity contribution >= 4 is 5.69 Å². The van der Waals surface area contributed by atoms with Gasteiger partial charge in [0, 0.05) is 31.4 Å². The van der Waals surface area contributed by atoms with E-state index in [2.05, 4.69) is 29.0 Å². The summed E-state index contributed by atoms with van der Waals surface area (Å²) in [5, 5.41) is 3.40. The van der Waals surface area contributed by atoms with E-state index in [0.717, 1.165) is 19.6 Å². The molecule has 3 nitrogen and oxygen atoms in total. The highest BCUT2D eigenvalue weighted by Crippen LogP contribution is 2.21. The average Bonchev–Trinajstić information content (AvgIpc) is 2.17. The van der Waals surface area contributed by atoms with Crippen LogP contribution in [0.25, 0.3) is 0 Å². The zero-order chi connectivity index (χ0) is 10.9. The number of piperazine rings is 1. The highest BCUT2D eigenvalue weighted by molar-refractivity contribution is 5.47. The molecule has 1 aromatic heterocycles. The van der Waals surface area contributed by atoms with Gasteiger partial charge in [-0.2, -0.15) is 0 Å². The number of aromatic nitrogens is 1. The molecule has 2 heterocycles. The van der Waals surface area contributed by atoms with Gasteiger partial charge in [-0.05, 0) is 19.9 Å². The Morgan fingerprint density at radius 3 is 3.00 bits per heavy atom. The van der Waals surface area contributed by atoms with Crippen molar-refractivity contribution in [1.29, 1.82) is 0 Å². The lowest BCUT2D eigenvalue weighted by Crippen LogP contribution is -2.57. The molecule has 0 amide bonds. The molecule has 82 valence electrons. The Morgan fingerprint density at radius 2 is 2.33 bits per heavy atom. The Labute approximate surface area is 89.3 Å². The molecule has 0 radical (unpaired) electrons. The standard InChI is InChI=1S/C11H16FN3/c1-11(2)8-15(6-5-14-11)10-3-4-13-7-9(10)12/h3-4,7,14H,5-6,8H2,1-2H3. The maximum Gasteiger partial charge on any atom is 0.164 e. The van der Waals surface area contributed by atoms with E-state index >= 15 is 0 Å². The van der Waals surface area contributed by atoms with Crippen LogP contribution in [0.1, 0.15) is 13.8 Å². The first-order chi connectivity index (χ1) is 7.08. The molecular weight excluding hydrogens is 193 g/mol. The highest BCUT2D eigenvalue weighted by atomic mass is 19.1. The van der Waals surface area contributed by atoms with Crippen molar-refractivity contribution in [1.82, 2.24) is 10.3 Å². The lowest BCUT2D eigenvalue weighted by Gasteiger charge is -2.40. The molecule has 0 saturated carbocycles. The topological polar surface area (TPSA) is 28.2 Å². The van der Waals surface area contributed by atoms with Crippen molar-refractivity contribution < 1.29 is 4.39 Å². The summed E-state index contributed by atoms with van der Waals surface area (Å²) in [7, 11) is 0. The third-order valence-electron chi connectivity index (χ3n) is 2.66. The molecule has 0 aliphatic carbocycles. The van der Waals surface area contributed by atoms with E-state index in [1.165, 1.54) is 6.20 Å². The Balaban J connectivity index is 2.21. The van der Waals surface area contributed by atoms with Gasteiger partial charge in [0.25, 0.3) is 0 Å². The molecule has 1 fully saturated rings. The maximum absolute atomic E-state index is 13.5. The molecule has 2 rings (SSSR count). The van der Waals surface area contributed by atoms with E-state index in [4.69, 9.17) is 0 Å². The summed E-state index contributed by atoms with van der Waals surface area (Å²) in [6, 6.07) is 1.73. The van der Waals surface area contributed by atoms with Gasteiger partial charge in [-0.25, -0.2) is 4.39 Å². The van der Waals surface area contributed by atoms with Gasteiger partial charge in [0.05, 0.1) is 11.9 Å². The minimum atomic E-state index is -0.241. The van der Waals surface area contributed by atoms with Crippen molar-refractivity contribution in [2.75, 3.05) is 24.5 Å². The maximum atomic E-state index is 13.5. The quantitative estimate of drug-likeness (QED) is 0.758. The minimum absolute atomic E-state index is 0.0357. The van der Waals surface area contributed by atoms with Gasteiger partial charge in [0.1, 0.15) is 0 Å². The smallest absolute Gasteiger partial charge is 0.164 e. The van der Waals surface area contributed by atoms with Crippen LogP contribution in [0.3, 0.4) is 0 Å². The van der Waals surface area contributed by atoms with E-state index in [9.17, 15) is 4.39 Å². The molecule has 15 heavy (non-hydrogen) atoms. The van der Waals surface area contributed by atoms with Gasteiger partial charge in [0.2, 0.25) is 0 Å². The lowest BCUT2D eigenvalue weighted by atomic mass is 10.0. The van der Waals surface area contributed by atoms with Gasteiger partial charge in [0.15, 0.2) is 5.82 Å². The van der Waals surface area contributed by atoms with Gasteiger partial charge < -0.3 is 10.2 Å². The lowest BCUT2D eigenvalue weighted by molar-refractivity contribution is 0.351. The number of nitrogens with zero attached hydrogens (tertiary/aromatic N) is 2. The van der Waals surface area contributed by atoms with Crippen molar-refractivity contribution in [3.05, 3.63) is 24.3 Å². The summed E-state index contributed by atoms with van der Waals surface area (Å²) in [5.41, 5.74) is 0.688. The minimum Gasteiger partial charge on any atom is -0.366 e. The normalized spacial score (nSPS) is 20.3. The fourth-order valence-corrected chi connectivity index (χ4v) is 1.97. The molecule has 1 N–H and O–H groups in total. The van der Waals surface area contributed by atoms with E-state index in [0.29, 0.717) is 5.69 Å². The van der Waals surface area contributed by atoms with Crippen LogP contribution >= 0.6 is 0 Å². The Bertz CT molecular complexity index is 351. The first kappa shape index (κ1) is 10.4. The predicted molar refractivity (Wildman–Crippen MR) is 58.5 cm³/mol. The molecule has 0 aromatic carbocycles. The SMILES string of the molecule is CC1(C)CN(c2ccncc2F)CCN1. The zero-order valence-corrected chi connectivity index (χ0v) is 9.13. The van der Waals surface area contributed by atoms with Gasteiger partial charge >= 0.3 is 0 Å². The van der Waals surface area contributed by atoms with E-state index in [1.807, 2.05) is 0 Å². The molecule has 0 bridgehead atoms. The molecule has 0 spiro atoms. The summed E-state index contributed by atoms with van der Waals surface area (Å²) in [6.07, 6.45) is 2.90. The predicted octanol–water partition coefficient (Wildman–Crippen LogP) is 1.41. The van der Waals surface area contributed by atoms with Crippen molar-refractivity contribution in [2.24, 2.45) is 0 Å². The van der Waals surface area contributed by atoms with Crippen molar-refractivity contribution in [2.45, 2.75) is 19.4 Å². The largest absolute Gasteiger partial charge is 0.366 e. The number of anilines is 1. The third-order valence-corrected chi connectivity index (χ3v) is 2.66. The Hall–Kier alpha value is -1.16. The summed E-state index contributed by atoms with van der Waals surface area (Å²) >= 11 is 0. The molecule has 1 aliphatic heterocycles. The summed E-state index contributed by atoms with van der Waals surface area (Å²) < 4.78 is 13.5.